The maximum Gasteiger partial charge on any atom is 0.266 e. The van der Waals surface area contributed by atoms with Crippen LogP contribution in [-0.2, 0) is 16.0 Å². The van der Waals surface area contributed by atoms with Crippen molar-refractivity contribution in [1.29, 1.82) is 0 Å². The Morgan fingerprint density at radius 3 is 2.71 bits per heavy atom. The summed E-state index contributed by atoms with van der Waals surface area (Å²) in [5.41, 5.74) is 2.31. The molecule has 1 atom stereocenters. The van der Waals surface area contributed by atoms with Crippen molar-refractivity contribution in [3.63, 3.8) is 0 Å². The van der Waals surface area contributed by atoms with Crippen LogP contribution in [0.3, 0.4) is 0 Å². The van der Waals surface area contributed by atoms with Gasteiger partial charge < -0.3 is 15.1 Å². The number of hydrogen-bond acceptors (Lipinski definition) is 5. The normalized spacial score (nSPS) is 17.8. The third-order valence-electron chi connectivity index (χ3n) is 3.65. The van der Waals surface area contributed by atoms with Crippen molar-refractivity contribution < 1.29 is 25.0 Å². The summed E-state index contributed by atoms with van der Waals surface area (Å²) in [5, 5.41) is 27.3. The summed E-state index contributed by atoms with van der Waals surface area (Å²) in [6.45, 7) is 0.498. The number of phenolic OH excluding ortho intramolecular Hbond substituents is 2. The number of aromatic hydroxyl groups is 2. The first-order valence-corrected chi connectivity index (χ1v) is 6.77. The number of amides is 2. The lowest BCUT2D eigenvalue weighted by atomic mass is 10.1. The van der Waals surface area contributed by atoms with E-state index in [2.05, 4.69) is 0 Å². The first-order chi connectivity index (χ1) is 10.0. The van der Waals surface area contributed by atoms with E-state index in [-0.39, 0.29) is 23.8 Å². The molecule has 4 N–H and O–H groups in total. The van der Waals surface area contributed by atoms with Gasteiger partial charge in [-0.1, -0.05) is 6.07 Å². The SMILES string of the molecule is O=C(NO)[C@@H]1CCCN1C(=O)CCc1ccc(O)c(O)c1. The minimum Gasteiger partial charge on any atom is -0.504 e. The van der Waals surface area contributed by atoms with Gasteiger partial charge in [-0.25, -0.2) is 5.48 Å². The van der Waals surface area contributed by atoms with E-state index in [1.165, 1.54) is 17.0 Å². The Morgan fingerprint density at radius 1 is 1.29 bits per heavy atom. The van der Waals surface area contributed by atoms with E-state index in [4.69, 9.17) is 5.21 Å². The van der Waals surface area contributed by atoms with Crippen molar-refractivity contribution in [2.45, 2.75) is 31.7 Å². The molecule has 1 saturated heterocycles. The summed E-state index contributed by atoms with van der Waals surface area (Å²) >= 11 is 0. The average Bonchev–Trinajstić information content (AvgIpc) is 2.97. The Balaban J connectivity index is 1.94. The van der Waals surface area contributed by atoms with Crippen LogP contribution in [-0.4, -0.2) is 44.7 Å². The molecule has 1 aromatic rings. The monoisotopic (exact) mass is 294 g/mol. The predicted molar refractivity (Wildman–Crippen MR) is 72.8 cm³/mol. The lowest BCUT2D eigenvalue weighted by molar-refractivity contribution is -0.142. The second-order valence-corrected chi connectivity index (χ2v) is 5.04. The molecule has 1 aliphatic heterocycles. The predicted octanol–water partition coefficient (Wildman–Crippen LogP) is 0.527. The smallest absolute Gasteiger partial charge is 0.266 e. The standard InChI is InChI=1S/C14H18N2O5/c17-11-5-3-9(8-12(11)18)4-6-13(19)16-7-1-2-10(16)14(20)15-21/h3,5,8,10,17-18,21H,1-2,4,6-7H2,(H,15,20)/t10-/m0/s1. The molecule has 1 fully saturated rings. The zero-order valence-corrected chi connectivity index (χ0v) is 11.5. The number of aryl methyl sites for hydroxylation is 1. The van der Waals surface area contributed by atoms with Crippen molar-refractivity contribution in [2.75, 3.05) is 6.54 Å². The highest BCUT2D eigenvalue weighted by Crippen LogP contribution is 2.26. The quantitative estimate of drug-likeness (QED) is 0.368. The number of carbonyl (C=O) groups excluding carboxylic acids is 2. The van der Waals surface area contributed by atoms with Gasteiger partial charge in [0.05, 0.1) is 0 Å². The first-order valence-electron chi connectivity index (χ1n) is 6.77. The summed E-state index contributed by atoms with van der Waals surface area (Å²) in [6, 6.07) is 3.79. The maximum absolute atomic E-state index is 12.2. The van der Waals surface area contributed by atoms with Crippen LogP contribution >= 0.6 is 0 Å². The number of carbonyl (C=O) groups is 2. The second kappa shape index (κ2) is 6.45. The molecule has 0 bridgehead atoms. The molecule has 0 radical (unpaired) electrons. The van der Waals surface area contributed by atoms with E-state index < -0.39 is 11.9 Å². The van der Waals surface area contributed by atoms with Crippen molar-refractivity contribution >= 4 is 11.8 Å². The fourth-order valence-electron chi connectivity index (χ4n) is 2.53. The lowest BCUT2D eigenvalue weighted by Gasteiger charge is -2.22. The molecule has 114 valence electrons. The van der Waals surface area contributed by atoms with E-state index in [1.54, 1.807) is 11.5 Å². The van der Waals surface area contributed by atoms with Crippen molar-refractivity contribution in [1.82, 2.24) is 10.4 Å². The molecular weight excluding hydrogens is 276 g/mol. The van der Waals surface area contributed by atoms with Gasteiger partial charge in [0.2, 0.25) is 5.91 Å². The highest BCUT2D eigenvalue weighted by molar-refractivity contribution is 5.87. The molecule has 7 heteroatoms. The van der Waals surface area contributed by atoms with Crippen LogP contribution in [0.25, 0.3) is 0 Å². The zero-order chi connectivity index (χ0) is 15.4. The Hall–Kier alpha value is -2.28. The summed E-state index contributed by atoms with van der Waals surface area (Å²) in [4.78, 5) is 25.1. The molecule has 1 aromatic carbocycles. The highest BCUT2D eigenvalue weighted by atomic mass is 16.5. The molecule has 0 unspecified atom stereocenters. The van der Waals surface area contributed by atoms with E-state index in [0.717, 1.165) is 12.0 Å². The van der Waals surface area contributed by atoms with Gasteiger partial charge >= 0.3 is 0 Å². The van der Waals surface area contributed by atoms with Gasteiger partial charge in [-0.2, -0.15) is 0 Å². The molecule has 0 aromatic heterocycles. The Bertz CT molecular complexity index is 546. The minimum atomic E-state index is -0.615. The lowest BCUT2D eigenvalue weighted by Crippen LogP contribution is -2.45. The Morgan fingerprint density at radius 2 is 2.05 bits per heavy atom. The van der Waals surface area contributed by atoms with Crippen LogP contribution in [0.4, 0.5) is 0 Å². The van der Waals surface area contributed by atoms with Crippen molar-refractivity contribution in [3.05, 3.63) is 23.8 Å². The fraction of sp³-hybridized carbons (Fsp3) is 0.429. The zero-order valence-electron chi connectivity index (χ0n) is 11.5. The summed E-state index contributed by atoms with van der Waals surface area (Å²) in [5.74, 6) is -1.17. The van der Waals surface area contributed by atoms with E-state index >= 15 is 0 Å². The Kier molecular flexibility index (Phi) is 4.64. The summed E-state index contributed by atoms with van der Waals surface area (Å²) in [7, 11) is 0. The average molecular weight is 294 g/mol. The first kappa shape index (κ1) is 15.1. The summed E-state index contributed by atoms with van der Waals surface area (Å²) < 4.78 is 0. The van der Waals surface area contributed by atoms with E-state index in [1.807, 2.05) is 0 Å². The molecule has 2 amide bonds. The molecule has 1 aliphatic rings. The van der Waals surface area contributed by atoms with Crippen LogP contribution in [0, 0.1) is 0 Å². The van der Waals surface area contributed by atoms with Gasteiger partial charge in [-0.15, -0.1) is 0 Å². The molecular formula is C14H18N2O5. The number of hydrogen-bond donors (Lipinski definition) is 4. The van der Waals surface area contributed by atoms with Crippen LogP contribution in [0.5, 0.6) is 11.5 Å². The number of benzene rings is 1. The van der Waals surface area contributed by atoms with Gasteiger partial charge in [0.25, 0.3) is 5.91 Å². The number of phenols is 2. The molecule has 2 rings (SSSR count). The third-order valence-corrected chi connectivity index (χ3v) is 3.65. The van der Waals surface area contributed by atoms with Gasteiger partial charge in [-0.3, -0.25) is 14.8 Å². The third kappa shape index (κ3) is 3.43. The van der Waals surface area contributed by atoms with Gasteiger partial charge in [0, 0.05) is 13.0 Å². The maximum atomic E-state index is 12.2. The highest BCUT2D eigenvalue weighted by Gasteiger charge is 2.33. The summed E-state index contributed by atoms with van der Waals surface area (Å²) in [6.07, 6.45) is 1.86. The molecule has 0 spiro atoms. The molecule has 1 heterocycles. The fourth-order valence-corrected chi connectivity index (χ4v) is 2.53. The van der Waals surface area contributed by atoms with Crippen molar-refractivity contribution in [3.8, 4) is 11.5 Å². The van der Waals surface area contributed by atoms with Crippen LogP contribution in [0.2, 0.25) is 0 Å². The number of rotatable bonds is 4. The molecule has 21 heavy (non-hydrogen) atoms. The number of likely N-dealkylation sites (tertiary alicyclic amines) is 1. The second-order valence-electron chi connectivity index (χ2n) is 5.04. The molecule has 0 aliphatic carbocycles. The number of hydroxylamine groups is 1. The molecule has 7 nitrogen and oxygen atoms in total. The van der Waals surface area contributed by atoms with Crippen LogP contribution in [0.1, 0.15) is 24.8 Å². The number of nitrogens with one attached hydrogen (secondary N) is 1. The number of nitrogens with zero attached hydrogens (tertiary/aromatic N) is 1. The Labute approximate surface area is 121 Å². The van der Waals surface area contributed by atoms with Gasteiger partial charge in [0.15, 0.2) is 11.5 Å². The minimum absolute atomic E-state index is 0.173. The van der Waals surface area contributed by atoms with Gasteiger partial charge in [-0.05, 0) is 37.0 Å². The van der Waals surface area contributed by atoms with E-state index in [0.29, 0.717) is 19.4 Å². The van der Waals surface area contributed by atoms with E-state index in [9.17, 15) is 19.8 Å². The van der Waals surface area contributed by atoms with Gasteiger partial charge in [0.1, 0.15) is 6.04 Å². The van der Waals surface area contributed by atoms with Crippen LogP contribution < -0.4 is 5.48 Å². The largest absolute Gasteiger partial charge is 0.504 e. The topological polar surface area (TPSA) is 110 Å². The molecule has 0 saturated carbocycles. The van der Waals surface area contributed by atoms with Crippen molar-refractivity contribution in [2.24, 2.45) is 0 Å². The van der Waals surface area contributed by atoms with Crippen LogP contribution in [0.15, 0.2) is 18.2 Å².